The average Bonchev–Trinajstić information content (AvgIpc) is 3.22. The molecule has 1 aliphatic carbocycles. The van der Waals surface area contributed by atoms with Gasteiger partial charge < -0.3 is 0 Å². The number of aryl methyl sites for hydroxylation is 1. The second-order valence-electron chi connectivity index (χ2n) is 7.31. The highest BCUT2D eigenvalue weighted by atomic mass is 32.2. The summed E-state index contributed by atoms with van der Waals surface area (Å²) in [5.74, 6) is 0.477. The van der Waals surface area contributed by atoms with Crippen molar-refractivity contribution in [2.24, 2.45) is 5.92 Å². The standard InChI is InChI=1S/C19H23N3O3S2/c1-3-21-18(25)16-12-7-6-11(2)9-13(12)27-17(16)20-19(21)26-10-15(24)22-8-4-5-14(22)23/h11H,3-10H2,1-2H3/t11-/m1/s1. The number of carbonyl (C=O) groups is 2. The Morgan fingerprint density at radius 3 is 2.85 bits per heavy atom. The maximum absolute atomic E-state index is 13.1. The first-order chi connectivity index (χ1) is 13.0. The molecule has 0 bridgehead atoms. The summed E-state index contributed by atoms with van der Waals surface area (Å²) in [6.07, 6.45) is 4.25. The Balaban J connectivity index is 1.65. The van der Waals surface area contributed by atoms with Crippen molar-refractivity contribution in [2.75, 3.05) is 12.3 Å². The fraction of sp³-hybridized carbons (Fsp3) is 0.579. The molecule has 0 N–H and O–H groups in total. The Morgan fingerprint density at radius 2 is 2.15 bits per heavy atom. The molecule has 6 nitrogen and oxygen atoms in total. The zero-order chi connectivity index (χ0) is 19.1. The van der Waals surface area contributed by atoms with Crippen molar-refractivity contribution in [3.8, 4) is 0 Å². The topological polar surface area (TPSA) is 72.3 Å². The minimum atomic E-state index is -0.196. The number of nitrogens with zero attached hydrogens (tertiary/aromatic N) is 3. The van der Waals surface area contributed by atoms with Gasteiger partial charge in [-0.15, -0.1) is 11.3 Å². The molecule has 0 unspecified atom stereocenters. The van der Waals surface area contributed by atoms with E-state index in [1.807, 2.05) is 6.92 Å². The Hall–Kier alpha value is -1.67. The van der Waals surface area contributed by atoms with Crippen molar-refractivity contribution >= 4 is 45.1 Å². The monoisotopic (exact) mass is 405 g/mol. The van der Waals surface area contributed by atoms with Gasteiger partial charge in [0.05, 0.1) is 11.1 Å². The summed E-state index contributed by atoms with van der Waals surface area (Å²) >= 11 is 2.88. The molecule has 27 heavy (non-hydrogen) atoms. The van der Waals surface area contributed by atoms with Crippen LogP contribution in [0.2, 0.25) is 0 Å². The molecule has 2 aliphatic rings. The molecule has 0 radical (unpaired) electrons. The minimum absolute atomic E-state index is 0.00162. The van der Waals surface area contributed by atoms with Gasteiger partial charge in [-0.2, -0.15) is 0 Å². The number of thioether (sulfide) groups is 1. The summed E-state index contributed by atoms with van der Waals surface area (Å²) in [6.45, 7) is 5.19. The SMILES string of the molecule is CCn1c(SCC(=O)N2CCCC2=O)nc2sc3c(c2c1=O)CC[C@@H](C)C3. The van der Waals surface area contributed by atoms with Crippen LogP contribution in [0.4, 0.5) is 0 Å². The van der Waals surface area contributed by atoms with E-state index in [2.05, 4.69) is 6.92 Å². The Labute approximate surface area is 166 Å². The predicted octanol–water partition coefficient (Wildman–Crippen LogP) is 2.84. The summed E-state index contributed by atoms with van der Waals surface area (Å²) < 4.78 is 1.66. The molecule has 8 heteroatoms. The second kappa shape index (κ2) is 7.39. The number of carbonyl (C=O) groups excluding carboxylic acids is 2. The normalized spacial score (nSPS) is 19.7. The molecule has 144 valence electrons. The van der Waals surface area contributed by atoms with Gasteiger partial charge in [0.15, 0.2) is 5.16 Å². The van der Waals surface area contributed by atoms with Crippen molar-refractivity contribution < 1.29 is 9.59 Å². The minimum Gasteiger partial charge on any atom is -0.287 e. The molecule has 0 spiro atoms. The molecule has 2 aromatic heterocycles. The van der Waals surface area contributed by atoms with Crippen LogP contribution in [0.25, 0.3) is 10.2 Å². The Kier molecular flexibility index (Phi) is 5.11. The largest absolute Gasteiger partial charge is 0.287 e. The lowest BCUT2D eigenvalue weighted by Crippen LogP contribution is -2.33. The number of thiophene rings is 1. The van der Waals surface area contributed by atoms with E-state index in [0.29, 0.717) is 30.6 Å². The van der Waals surface area contributed by atoms with Gasteiger partial charge >= 0.3 is 0 Å². The maximum atomic E-state index is 13.1. The van der Waals surface area contributed by atoms with E-state index in [0.717, 1.165) is 35.9 Å². The number of amides is 2. The smallest absolute Gasteiger partial charge is 0.263 e. The van der Waals surface area contributed by atoms with Crippen LogP contribution < -0.4 is 5.56 Å². The molecular formula is C19H23N3O3S2. The molecule has 2 aromatic rings. The summed E-state index contributed by atoms with van der Waals surface area (Å²) in [5.41, 5.74) is 1.19. The zero-order valence-electron chi connectivity index (χ0n) is 15.6. The third kappa shape index (κ3) is 3.33. The summed E-state index contributed by atoms with van der Waals surface area (Å²) in [4.78, 5) is 45.3. The lowest BCUT2D eigenvalue weighted by Gasteiger charge is -2.17. The van der Waals surface area contributed by atoms with Gasteiger partial charge in [-0.3, -0.25) is 23.9 Å². The van der Waals surface area contributed by atoms with Crippen LogP contribution in [0.15, 0.2) is 9.95 Å². The third-order valence-electron chi connectivity index (χ3n) is 5.40. The van der Waals surface area contributed by atoms with E-state index in [-0.39, 0.29) is 23.1 Å². The highest BCUT2D eigenvalue weighted by Gasteiger charge is 2.28. The predicted molar refractivity (Wildman–Crippen MR) is 107 cm³/mol. The summed E-state index contributed by atoms with van der Waals surface area (Å²) in [6, 6.07) is 0. The fourth-order valence-electron chi connectivity index (χ4n) is 3.91. The van der Waals surface area contributed by atoms with Crippen LogP contribution in [-0.4, -0.2) is 38.6 Å². The number of fused-ring (bicyclic) bond motifs is 3. The lowest BCUT2D eigenvalue weighted by molar-refractivity contribution is -0.140. The molecule has 2 amide bonds. The Morgan fingerprint density at radius 1 is 1.33 bits per heavy atom. The zero-order valence-corrected chi connectivity index (χ0v) is 17.3. The van der Waals surface area contributed by atoms with Gasteiger partial charge in [-0.05, 0) is 44.1 Å². The van der Waals surface area contributed by atoms with Crippen LogP contribution in [-0.2, 0) is 29.0 Å². The number of aromatic nitrogens is 2. The highest BCUT2D eigenvalue weighted by molar-refractivity contribution is 7.99. The first-order valence-electron chi connectivity index (χ1n) is 9.50. The number of imide groups is 1. The van der Waals surface area contributed by atoms with Gasteiger partial charge in [-0.25, -0.2) is 4.98 Å². The summed E-state index contributed by atoms with van der Waals surface area (Å²) in [7, 11) is 0. The van der Waals surface area contributed by atoms with Crippen LogP contribution in [0, 0.1) is 5.92 Å². The third-order valence-corrected chi connectivity index (χ3v) is 7.51. The van der Waals surface area contributed by atoms with E-state index in [1.54, 1.807) is 15.9 Å². The second-order valence-corrected chi connectivity index (χ2v) is 9.33. The lowest BCUT2D eigenvalue weighted by atomic mass is 9.89. The Bertz CT molecular complexity index is 979. The molecule has 1 atom stereocenters. The molecule has 1 fully saturated rings. The van der Waals surface area contributed by atoms with Crippen molar-refractivity contribution in [2.45, 2.75) is 57.7 Å². The fourth-order valence-corrected chi connectivity index (χ4v) is 6.27. The van der Waals surface area contributed by atoms with Crippen LogP contribution in [0.3, 0.4) is 0 Å². The molecule has 0 aromatic carbocycles. The number of hydrogen-bond acceptors (Lipinski definition) is 6. The van der Waals surface area contributed by atoms with Crippen molar-refractivity contribution in [1.29, 1.82) is 0 Å². The first-order valence-corrected chi connectivity index (χ1v) is 11.3. The van der Waals surface area contributed by atoms with Gasteiger partial charge in [0.25, 0.3) is 5.56 Å². The van der Waals surface area contributed by atoms with E-state index >= 15 is 0 Å². The van der Waals surface area contributed by atoms with Gasteiger partial charge in [-0.1, -0.05) is 18.7 Å². The van der Waals surface area contributed by atoms with Crippen LogP contribution in [0.5, 0.6) is 0 Å². The number of hydrogen-bond donors (Lipinski definition) is 0. The number of likely N-dealkylation sites (tertiary alicyclic amines) is 1. The molecule has 1 aliphatic heterocycles. The van der Waals surface area contributed by atoms with E-state index in [1.165, 1.54) is 27.1 Å². The summed E-state index contributed by atoms with van der Waals surface area (Å²) in [5, 5.41) is 1.34. The molecular weight excluding hydrogens is 382 g/mol. The average molecular weight is 406 g/mol. The maximum Gasteiger partial charge on any atom is 0.263 e. The van der Waals surface area contributed by atoms with E-state index in [9.17, 15) is 14.4 Å². The highest BCUT2D eigenvalue weighted by Crippen LogP contribution is 2.36. The molecule has 3 heterocycles. The number of rotatable bonds is 4. The van der Waals surface area contributed by atoms with Crippen molar-refractivity contribution in [3.63, 3.8) is 0 Å². The van der Waals surface area contributed by atoms with Crippen molar-refractivity contribution in [1.82, 2.24) is 14.5 Å². The van der Waals surface area contributed by atoms with Gasteiger partial charge in [0.1, 0.15) is 4.83 Å². The van der Waals surface area contributed by atoms with E-state index in [4.69, 9.17) is 4.98 Å². The van der Waals surface area contributed by atoms with Crippen LogP contribution in [0.1, 0.15) is 43.6 Å². The van der Waals surface area contributed by atoms with E-state index < -0.39 is 0 Å². The molecule has 4 rings (SSSR count). The molecule has 0 saturated carbocycles. The first kappa shape index (κ1) is 18.7. The van der Waals surface area contributed by atoms with Crippen LogP contribution >= 0.6 is 23.1 Å². The van der Waals surface area contributed by atoms with Gasteiger partial charge in [0, 0.05) is 24.4 Å². The quantitative estimate of drug-likeness (QED) is 0.578. The molecule has 1 saturated heterocycles. The van der Waals surface area contributed by atoms with Gasteiger partial charge in [0.2, 0.25) is 11.8 Å². The van der Waals surface area contributed by atoms with Crippen molar-refractivity contribution in [3.05, 3.63) is 20.8 Å².